The van der Waals surface area contributed by atoms with Gasteiger partial charge in [-0.25, -0.2) is 4.39 Å². The molecule has 1 aliphatic heterocycles. The van der Waals surface area contributed by atoms with Gasteiger partial charge in [0, 0.05) is 24.2 Å². The molecule has 0 fully saturated rings. The number of hydrogen-bond donors (Lipinski definition) is 1. The van der Waals surface area contributed by atoms with E-state index in [1.165, 1.54) is 30.0 Å². The van der Waals surface area contributed by atoms with Gasteiger partial charge in [-0.3, -0.25) is 4.79 Å². The maximum Gasteiger partial charge on any atom is 0.255 e. The van der Waals surface area contributed by atoms with E-state index in [1.807, 2.05) is 16.7 Å². The van der Waals surface area contributed by atoms with Gasteiger partial charge in [-0.2, -0.15) is 0 Å². The van der Waals surface area contributed by atoms with Gasteiger partial charge < -0.3 is 9.88 Å². The van der Waals surface area contributed by atoms with E-state index in [0.29, 0.717) is 22.6 Å². The average Bonchev–Trinajstić information content (AvgIpc) is 3.02. The van der Waals surface area contributed by atoms with Crippen LogP contribution in [0.1, 0.15) is 59.4 Å². The average molecular weight is 404 g/mol. The number of aryl methyl sites for hydroxylation is 3. The van der Waals surface area contributed by atoms with Crippen LogP contribution in [0.25, 0.3) is 11.4 Å². The van der Waals surface area contributed by atoms with Crippen LogP contribution in [0.15, 0.2) is 36.4 Å². The Labute approximate surface area is 175 Å². The standard InChI is InChI=1S/C24H25FN4O/c25-21-12-11-19(15-20(21)23-28-27-22-8-2-1-5-13-29(22)23)26-24(30)18-10-9-16-6-3-4-7-17(16)14-18/h9-12,14-15H,1-8,13H2,(H,26,30). The van der Waals surface area contributed by atoms with Crippen molar-refractivity contribution >= 4 is 11.6 Å². The predicted octanol–water partition coefficient (Wildman–Crippen LogP) is 4.94. The van der Waals surface area contributed by atoms with Crippen molar-refractivity contribution in [2.75, 3.05) is 5.32 Å². The fourth-order valence-corrected chi connectivity index (χ4v) is 4.54. The number of benzene rings is 2. The van der Waals surface area contributed by atoms with Crippen LogP contribution in [0, 0.1) is 5.82 Å². The molecule has 6 heteroatoms. The van der Waals surface area contributed by atoms with Crippen LogP contribution in [0.4, 0.5) is 10.1 Å². The van der Waals surface area contributed by atoms with E-state index < -0.39 is 0 Å². The van der Waals surface area contributed by atoms with E-state index in [2.05, 4.69) is 21.6 Å². The third-order valence-electron chi connectivity index (χ3n) is 6.19. The predicted molar refractivity (Wildman–Crippen MR) is 114 cm³/mol. The highest BCUT2D eigenvalue weighted by Crippen LogP contribution is 2.28. The molecule has 5 rings (SSSR count). The molecule has 0 unspecified atom stereocenters. The minimum atomic E-state index is -0.360. The summed E-state index contributed by atoms with van der Waals surface area (Å²) in [7, 11) is 0. The van der Waals surface area contributed by atoms with E-state index in [4.69, 9.17) is 0 Å². The van der Waals surface area contributed by atoms with Crippen molar-refractivity contribution in [3.8, 4) is 11.4 Å². The second-order valence-corrected chi connectivity index (χ2v) is 8.24. The zero-order chi connectivity index (χ0) is 20.5. The number of hydrogen-bond acceptors (Lipinski definition) is 3. The number of nitrogens with one attached hydrogen (secondary N) is 1. The van der Waals surface area contributed by atoms with Gasteiger partial charge in [0.15, 0.2) is 5.82 Å². The van der Waals surface area contributed by atoms with Crippen LogP contribution in [0.5, 0.6) is 0 Å². The molecule has 0 bridgehead atoms. The number of aromatic nitrogens is 3. The van der Waals surface area contributed by atoms with E-state index >= 15 is 0 Å². The van der Waals surface area contributed by atoms with Gasteiger partial charge in [0.2, 0.25) is 0 Å². The monoisotopic (exact) mass is 404 g/mol. The van der Waals surface area contributed by atoms with Crippen molar-refractivity contribution in [1.29, 1.82) is 0 Å². The van der Waals surface area contributed by atoms with Crippen molar-refractivity contribution < 1.29 is 9.18 Å². The van der Waals surface area contributed by atoms with Crippen molar-refractivity contribution in [2.45, 2.75) is 57.9 Å². The van der Waals surface area contributed by atoms with Crippen molar-refractivity contribution in [3.63, 3.8) is 0 Å². The number of amides is 1. The zero-order valence-corrected chi connectivity index (χ0v) is 17.0. The minimum absolute atomic E-state index is 0.180. The van der Waals surface area contributed by atoms with E-state index in [-0.39, 0.29) is 11.7 Å². The number of carbonyl (C=O) groups excluding carboxylic acids is 1. The number of nitrogens with zero attached hydrogens (tertiary/aromatic N) is 3. The van der Waals surface area contributed by atoms with E-state index in [0.717, 1.165) is 50.9 Å². The maximum atomic E-state index is 14.7. The number of carbonyl (C=O) groups is 1. The fraction of sp³-hybridized carbons (Fsp3) is 0.375. The molecule has 30 heavy (non-hydrogen) atoms. The first kappa shape index (κ1) is 19.0. The summed E-state index contributed by atoms with van der Waals surface area (Å²) in [6, 6.07) is 10.6. The molecular formula is C24H25FN4O. The summed E-state index contributed by atoms with van der Waals surface area (Å²) in [6.07, 6.45) is 8.61. The van der Waals surface area contributed by atoms with Crippen LogP contribution < -0.4 is 5.32 Å². The summed E-state index contributed by atoms with van der Waals surface area (Å²) in [5.41, 5.74) is 4.17. The maximum absolute atomic E-state index is 14.7. The highest BCUT2D eigenvalue weighted by Gasteiger charge is 2.20. The smallest absolute Gasteiger partial charge is 0.255 e. The molecule has 1 N–H and O–H groups in total. The molecule has 2 aliphatic rings. The molecule has 0 saturated heterocycles. The molecule has 1 amide bonds. The lowest BCUT2D eigenvalue weighted by Gasteiger charge is -2.16. The SMILES string of the molecule is O=C(Nc1ccc(F)c(-c2nnc3n2CCCCC3)c1)c1ccc2c(c1)CCCC2. The summed E-state index contributed by atoms with van der Waals surface area (Å²) in [4.78, 5) is 12.8. The Morgan fingerprint density at radius 2 is 1.73 bits per heavy atom. The summed E-state index contributed by atoms with van der Waals surface area (Å²) in [5.74, 6) is 0.905. The summed E-state index contributed by atoms with van der Waals surface area (Å²) >= 11 is 0. The van der Waals surface area contributed by atoms with Crippen molar-refractivity contribution in [3.05, 3.63) is 64.7 Å². The lowest BCUT2D eigenvalue weighted by atomic mass is 9.90. The van der Waals surface area contributed by atoms with Gasteiger partial charge >= 0.3 is 0 Å². The Hall–Kier alpha value is -3.02. The molecule has 2 heterocycles. The number of anilines is 1. The minimum Gasteiger partial charge on any atom is -0.322 e. The second-order valence-electron chi connectivity index (χ2n) is 8.24. The van der Waals surface area contributed by atoms with Crippen LogP contribution in [0.2, 0.25) is 0 Å². The topological polar surface area (TPSA) is 59.8 Å². The van der Waals surface area contributed by atoms with Gasteiger partial charge in [0.1, 0.15) is 11.6 Å². The largest absolute Gasteiger partial charge is 0.322 e. The van der Waals surface area contributed by atoms with Crippen molar-refractivity contribution in [1.82, 2.24) is 14.8 Å². The molecule has 1 aliphatic carbocycles. The van der Waals surface area contributed by atoms with Gasteiger partial charge in [-0.15, -0.1) is 10.2 Å². The van der Waals surface area contributed by atoms with Crippen LogP contribution in [0.3, 0.4) is 0 Å². The Morgan fingerprint density at radius 3 is 2.63 bits per heavy atom. The summed E-state index contributed by atoms with van der Waals surface area (Å²) in [5, 5.41) is 11.5. The number of halogens is 1. The van der Waals surface area contributed by atoms with Gasteiger partial charge in [0.25, 0.3) is 5.91 Å². The van der Waals surface area contributed by atoms with Gasteiger partial charge in [-0.05, 0) is 80.0 Å². The first-order valence-corrected chi connectivity index (χ1v) is 10.8. The first-order valence-electron chi connectivity index (χ1n) is 10.8. The molecule has 1 aromatic heterocycles. The molecule has 154 valence electrons. The third kappa shape index (κ3) is 3.62. The second kappa shape index (κ2) is 8.01. The Balaban J connectivity index is 1.42. The lowest BCUT2D eigenvalue weighted by Crippen LogP contribution is -2.14. The number of fused-ring (bicyclic) bond motifs is 2. The molecule has 0 atom stereocenters. The van der Waals surface area contributed by atoms with Crippen LogP contribution >= 0.6 is 0 Å². The number of rotatable bonds is 3. The molecule has 0 spiro atoms. The summed E-state index contributed by atoms with van der Waals surface area (Å²) in [6.45, 7) is 0.794. The highest BCUT2D eigenvalue weighted by atomic mass is 19.1. The fourth-order valence-electron chi connectivity index (χ4n) is 4.54. The Bertz CT molecular complexity index is 1100. The van der Waals surface area contributed by atoms with E-state index in [9.17, 15) is 9.18 Å². The normalized spacial score (nSPS) is 15.8. The molecular weight excluding hydrogens is 379 g/mol. The molecule has 2 aromatic carbocycles. The Morgan fingerprint density at radius 1 is 0.900 bits per heavy atom. The lowest BCUT2D eigenvalue weighted by molar-refractivity contribution is 0.102. The molecule has 0 saturated carbocycles. The van der Waals surface area contributed by atoms with Crippen LogP contribution in [-0.4, -0.2) is 20.7 Å². The highest BCUT2D eigenvalue weighted by molar-refractivity contribution is 6.04. The van der Waals surface area contributed by atoms with E-state index in [1.54, 1.807) is 12.1 Å². The first-order chi connectivity index (χ1) is 14.7. The summed E-state index contributed by atoms with van der Waals surface area (Å²) < 4.78 is 16.7. The van der Waals surface area contributed by atoms with Crippen LogP contribution in [-0.2, 0) is 25.8 Å². The van der Waals surface area contributed by atoms with Gasteiger partial charge in [-0.1, -0.05) is 12.5 Å². The molecule has 0 radical (unpaired) electrons. The molecule has 3 aromatic rings. The quantitative estimate of drug-likeness (QED) is 0.672. The zero-order valence-electron chi connectivity index (χ0n) is 17.0. The third-order valence-corrected chi connectivity index (χ3v) is 6.19. The van der Waals surface area contributed by atoms with Gasteiger partial charge in [0.05, 0.1) is 5.56 Å². The Kier molecular flexibility index (Phi) is 5.07. The van der Waals surface area contributed by atoms with Crippen molar-refractivity contribution in [2.24, 2.45) is 0 Å². The molecule has 5 nitrogen and oxygen atoms in total.